The summed E-state index contributed by atoms with van der Waals surface area (Å²) in [6.45, 7) is 13.1. The quantitative estimate of drug-likeness (QED) is 0.377. The second kappa shape index (κ2) is 11.4. The van der Waals surface area contributed by atoms with Crippen molar-refractivity contribution < 1.29 is 14.4 Å². The maximum atomic E-state index is 14.2. The minimum atomic E-state index is -0.667. The van der Waals surface area contributed by atoms with E-state index in [2.05, 4.69) is 48.4 Å². The smallest absolute Gasteiger partial charge is 0.255 e. The average Bonchev–Trinajstić information content (AvgIpc) is 3.66. The van der Waals surface area contributed by atoms with Crippen molar-refractivity contribution >= 4 is 29.1 Å². The Hall–Kier alpha value is -3.52. The van der Waals surface area contributed by atoms with Gasteiger partial charge in [-0.3, -0.25) is 14.4 Å². The fraction of sp³-hybridized carbons (Fsp3) is 0.455. The van der Waals surface area contributed by atoms with Gasteiger partial charge in [0, 0.05) is 18.7 Å². The molecule has 0 aliphatic carbocycles. The number of aryl methyl sites for hydroxylation is 1. The maximum absolute atomic E-state index is 14.2. The Morgan fingerprint density at radius 1 is 1.07 bits per heavy atom. The third kappa shape index (κ3) is 5.67. The number of carbonyl (C=O) groups is 3. The van der Waals surface area contributed by atoms with E-state index in [4.69, 9.17) is 0 Å². The molecule has 3 heterocycles. The Morgan fingerprint density at radius 3 is 2.39 bits per heavy atom. The molecule has 1 aromatic heterocycles. The van der Waals surface area contributed by atoms with Crippen LogP contribution < -0.4 is 5.32 Å². The van der Waals surface area contributed by atoms with E-state index < -0.39 is 17.5 Å². The minimum absolute atomic E-state index is 0.120. The molecule has 1 N–H and O–H groups in total. The molecular weight excluding hydrogens is 532 g/mol. The highest BCUT2D eigenvalue weighted by molar-refractivity contribution is 7.13. The van der Waals surface area contributed by atoms with E-state index in [0.29, 0.717) is 25.1 Å². The molecular formula is C33H40N4O3S. The van der Waals surface area contributed by atoms with Crippen LogP contribution in [0.1, 0.15) is 80.7 Å². The van der Waals surface area contributed by atoms with Gasteiger partial charge in [0.1, 0.15) is 12.1 Å². The summed E-state index contributed by atoms with van der Waals surface area (Å²) in [5, 5.41) is 3.27. The molecule has 1 saturated heterocycles. The van der Waals surface area contributed by atoms with E-state index >= 15 is 0 Å². The van der Waals surface area contributed by atoms with Gasteiger partial charge in [-0.1, -0.05) is 77.1 Å². The second-order valence-corrected chi connectivity index (χ2v) is 13.5. The van der Waals surface area contributed by atoms with Gasteiger partial charge in [0.2, 0.25) is 11.8 Å². The number of amides is 3. The summed E-state index contributed by atoms with van der Waals surface area (Å²) >= 11 is 1.62. The largest absolute Gasteiger partial charge is 0.347 e. The zero-order chi connectivity index (χ0) is 29.5. The Kier molecular flexibility index (Phi) is 8.06. The lowest BCUT2D eigenvalue weighted by Gasteiger charge is -2.40. The summed E-state index contributed by atoms with van der Waals surface area (Å²) < 4.78 is 0. The first-order valence-electron chi connectivity index (χ1n) is 14.5. The van der Waals surface area contributed by atoms with Gasteiger partial charge in [-0.15, -0.1) is 11.3 Å². The molecule has 2 aromatic carbocycles. The fourth-order valence-corrected chi connectivity index (χ4v) is 7.03. The topological polar surface area (TPSA) is 82.6 Å². The summed E-state index contributed by atoms with van der Waals surface area (Å²) in [6.07, 6.45) is 1.36. The van der Waals surface area contributed by atoms with Crippen LogP contribution in [0.3, 0.4) is 0 Å². The van der Waals surface area contributed by atoms with Crippen LogP contribution in [0, 0.1) is 18.3 Å². The molecule has 3 aromatic rings. The second-order valence-electron chi connectivity index (χ2n) is 12.7. The molecule has 41 heavy (non-hydrogen) atoms. The molecule has 3 atom stereocenters. The molecule has 2 aliphatic heterocycles. The number of fused-ring (bicyclic) bond motifs is 1. The zero-order valence-corrected chi connectivity index (χ0v) is 25.6. The molecule has 0 radical (unpaired) electrons. The lowest BCUT2D eigenvalue weighted by atomic mass is 9.84. The highest BCUT2D eigenvalue weighted by Crippen LogP contribution is 2.35. The molecule has 0 bridgehead atoms. The Morgan fingerprint density at radius 2 is 1.78 bits per heavy atom. The van der Waals surface area contributed by atoms with E-state index in [1.54, 1.807) is 21.1 Å². The average molecular weight is 573 g/mol. The summed E-state index contributed by atoms with van der Waals surface area (Å²) in [5.41, 5.74) is 6.10. The zero-order valence-electron chi connectivity index (χ0n) is 24.8. The van der Waals surface area contributed by atoms with Crippen molar-refractivity contribution in [3.8, 4) is 10.4 Å². The lowest BCUT2D eigenvalue weighted by molar-refractivity contribution is -0.145. The van der Waals surface area contributed by atoms with E-state index in [-0.39, 0.29) is 29.7 Å². The number of hydrogen-bond donors (Lipinski definition) is 1. The van der Waals surface area contributed by atoms with Crippen LogP contribution >= 0.6 is 11.3 Å². The van der Waals surface area contributed by atoms with Gasteiger partial charge in [-0.05, 0) is 53.9 Å². The number of aromatic nitrogens is 1. The van der Waals surface area contributed by atoms with Crippen LogP contribution in [-0.2, 0) is 16.1 Å². The third-order valence-electron chi connectivity index (χ3n) is 8.30. The SMILES string of the molecule is Cc1ncsc1-c1ccc(C(NC(=O)C2CCCN2C(=O)C(N2Cc3ccccc3C2=O)C(C)(C)C)C(C)C)cc1. The van der Waals surface area contributed by atoms with Gasteiger partial charge in [-0.2, -0.15) is 0 Å². The number of carbonyl (C=O) groups excluding carboxylic acids is 3. The van der Waals surface area contributed by atoms with Crippen LogP contribution in [0.5, 0.6) is 0 Å². The van der Waals surface area contributed by atoms with Crippen molar-refractivity contribution in [3.63, 3.8) is 0 Å². The number of nitrogens with one attached hydrogen (secondary N) is 1. The van der Waals surface area contributed by atoms with Gasteiger partial charge >= 0.3 is 0 Å². The molecule has 3 unspecified atom stereocenters. The minimum Gasteiger partial charge on any atom is -0.347 e. The van der Waals surface area contributed by atoms with E-state index in [0.717, 1.165) is 33.7 Å². The number of rotatable bonds is 7. The molecule has 8 heteroatoms. The number of nitrogens with zero attached hydrogens (tertiary/aromatic N) is 3. The predicted octanol–water partition coefficient (Wildman–Crippen LogP) is 5.99. The Labute approximate surface area is 247 Å². The van der Waals surface area contributed by atoms with E-state index in [9.17, 15) is 14.4 Å². The summed E-state index contributed by atoms with van der Waals surface area (Å²) in [6, 6.07) is 14.4. The van der Waals surface area contributed by atoms with Crippen LogP contribution in [0.2, 0.25) is 0 Å². The summed E-state index contributed by atoms with van der Waals surface area (Å²) in [5.74, 6) is -0.253. The van der Waals surface area contributed by atoms with Gasteiger partial charge < -0.3 is 15.1 Å². The number of benzene rings is 2. The fourth-order valence-electron chi connectivity index (χ4n) is 6.22. The molecule has 5 rings (SSSR count). The molecule has 0 saturated carbocycles. The van der Waals surface area contributed by atoms with Crippen molar-refractivity contribution in [1.82, 2.24) is 20.1 Å². The summed E-state index contributed by atoms with van der Waals surface area (Å²) in [7, 11) is 0. The standard InChI is InChI=1S/C33H40N4O3S/c1-20(2)27(22-13-15-23(16-14-22)28-21(3)34-19-41-28)35-30(38)26-12-9-17-36(26)32(40)29(33(4,5)6)37-18-24-10-7-8-11-25(24)31(37)39/h7-8,10-11,13-16,19-20,26-27,29H,9,12,17-18H2,1-6H3,(H,35,38). The molecule has 1 fully saturated rings. The van der Waals surface area contributed by atoms with Crippen LogP contribution in [0.25, 0.3) is 10.4 Å². The van der Waals surface area contributed by atoms with Crippen LogP contribution in [-0.4, -0.2) is 51.1 Å². The first kappa shape index (κ1) is 29.0. The number of thiazole rings is 1. The van der Waals surface area contributed by atoms with Gasteiger partial charge in [0.25, 0.3) is 5.91 Å². The molecule has 216 valence electrons. The van der Waals surface area contributed by atoms with Gasteiger partial charge in [0.05, 0.1) is 22.1 Å². The highest BCUT2D eigenvalue weighted by Gasteiger charge is 2.47. The lowest BCUT2D eigenvalue weighted by Crippen LogP contribution is -2.58. The normalized spacial score (nSPS) is 18.5. The van der Waals surface area contributed by atoms with Crippen molar-refractivity contribution in [2.24, 2.45) is 11.3 Å². The maximum Gasteiger partial charge on any atom is 0.255 e. The van der Waals surface area contributed by atoms with Crippen molar-refractivity contribution in [2.45, 2.75) is 79.1 Å². The first-order chi connectivity index (χ1) is 19.5. The summed E-state index contributed by atoms with van der Waals surface area (Å²) in [4.78, 5) is 50.3. The van der Waals surface area contributed by atoms with Crippen molar-refractivity contribution in [1.29, 1.82) is 0 Å². The Bertz CT molecular complexity index is 1440. The van der Waals surface area contributed by atoms with Crippen LogP contribution in [0.15, 0.2) is 54.0 Å². The Balaban J connectivity index is 1.34. The highest BCUT2D eigenvalue weighted by atomic mass is 32.1. The molecule has 0 spiro atoms. The van der Waals surface area contributed by atoms with Crippen molar-refractivity contribution in [2.75, 3.05) is 6.54 Å². The van der Waals surface area contributed by atoms with Gasteiger partial charge in [-0.25, -0.2) is 4.98 Å². The van der Waals surface area contributed by atoms with Crippen LogP contribution in [0.4, 0.5) is 0 Å². The first-order valence-corrected chi connectivity index (χ1v) is 15.4. The number of likely N-dealkylation sites (tertiary alicyclic amines) is 1. The molecule has 3 amide bonds. The third-order valence-corrected chi connectivity index (χ3v) is 9.27. The molecule has 2 aliphatic rings. The van der Waals surface area contributed by atoms with Gasteiger partial charge in [0.15, 0.2) is 0 Å². The predicted molar refractivity (Wildman–Crippen MR) is 162 cm³/mol. The number of hydrogen-bond acceptors (Lipinski definition) is 5. The van der Waals surface area contributed by atoms with Crippen molar-refractivity contribution in [3.05, 3.63) is 76.4 Å². The molecule has 7 nitrogen and oxygen atoms in total. The van der Waals surface area contributed by atoms with E-state index in [1.807, 2.05) is 57.5 Å². The monoisotopic (exact) mass is 572 g/mol. The van der Waals surface area contributed by atoms with E-state index in [1.165, 1.54) is 0 Å².